The van der Waals surface area contributed by atoms with Crippen molar-refractivity contribution in [3.05, 3.63) is 77.6 Å². The fraction of sp³-hybridized carbons (Fsp3) is 0.405. The highest BCUT2D eigenvalue weighted by molar-refractivity contribution is 6.13. The monoisotopic (exact) mass is 609 g/mol. The minimum Gasteiger partial charge on any atom is -0.455 e. The molecule has 1 heterocycles. The quantitative estimate of drug-likeness (QED) is 0.202. The van der Waals surface area contributed by atoms with Gasteiger partial charge in [-0.05, 0) is 112 Å². The zero-order valence-corrected chi connectivity index (χ0v) is 26.1. The van der Waals surface area contributed by atoms with E-state index in [1.54, 1.807) is 19.2 Å². The number of furan rings is 1. The van der Waals surface area contributed by atoms with E-state index in [-0.39, 0.29) is 23.2 Å². The number of hydrogen-bond donors (Lipinski definition) is 3. The summed E-state index contributed by atoms with van der Waals surface area (Å²) in [5.74, 6) is 0.509. The first-order valence-electron chi connectivity index (χ1n) is 16.1. The molecule has 7 nitrogen and oxygen atoms in total. The number of nitrogens with zero attached hydrogens (tertiary/aromatic N) is 1. The van der Waals surface area contributed by atoms with Gasteiger partial charge in [-0.15, -0.1) is 0 Å². The number of hydrogen-bond acceptors (Lipinski definition) is 5. The molecule has 1 aromatic heterocycles. The maximum Gasteiger partial charge on any atom is 0.255 e. The molecule has 4 aromatic rings. The first-order chi connectivity index (χ1) is 21.6. The van der Waals surface area contributed by atoms with Crippen LogP contribution in [0.2, 0.25) is 0 Å². The molecule has 4 aliphatic rings. The van der Waals surface area contributed by atoms with Gasteiger partial charge in [0.05, 0.1) is 11.2 Å². The summed E-state index contributed by atoms with van der Waals surface area (Å²) in [4.78, 5) is 29.3. The molecule has 0 saturated heterocycles. The molecule has 0 aliphatic heterocycles. The van der Waals surface area contributed by atoms with Crippen LogP contribution >= 0.6 is 0 Å². The largest absolute Gasteiger partial charge is 0.455 e. The van der Waals surface area contributed by atoms with E-state index < -0.39 is 5.60 Å². The lowest BCUT2D eigenvalue weighted by Gasteiger charge is -2.60. The number of fused-ring (bicyclic) bond motifs is 1. The number of amides is 2. The lowest BCUT2D eigenvalue weighted by molar-refractivity contribution is -0.139. The Morgan fingerprint density at radius 2 is 1.67 bits per heavy atom. The van der Waals surface area contributed by atoms with E-state index in [1.807, 2.05) is 36.4 Å². The van der Waals surface area contributed by atoms with Gasteiger partial charge in [-0.25, -0.2) is 4.39 Å². The van der Waals surface area contributed by atoms with Crippen LogP contribution in [-0.2, 0) is 0 Å². The fourth-order valence-electron chi connectivity index (χ4n) is 8.85. The molecule has 4 aliphatic carbocycles. The minimum atomic E-state index is -0.660. The highest BCUT2D eigenvalue weighted by atomic mass is 19.1. The van der Waals surface area contributed by atoms with Crippen molar-refractivity contribution in [3.63, 3.8) is 0 Å². The maximum absolute atomic E-state index is 13.8. The number of aliphatic hydroxyl groups is 1. The van der Waals surface area contributed by atoms with Gasteiger partial charge in [0.15, 0.2) is 0 Å². The predicted octanol–water partition coefficient (Wildman–Crippen LogP) is 6.93. The van der Waals surface area contributed by atoms with Crippen LogP contribution in [0.4, 0.5) is 10.1 Å². The molecule has 8 rings (SSSR count). The minimum absolute atomic E-state index is 0.124. The second-order valence-corrected chi connectivity index (χ2v) is 13.4. The van der Waals surface area contributed by atoms with Crippen LogP contribution in [0.1, 0.15) is 73.1 Å². The van der Waals surface area contributed by atoms with Crippen LogP contribution in [0.15, 0.2) is 65.1 Å². The highest BCUT2D eigenvalue weighted by Crippen LogP contribution is 2.57. The number of carbonyl (C=O) groups is 2. The van der Waals surface area contributed by atoms with Crippen LogP contribution in [-0.4, -0.2) is 48.2 Å². The Hall–Kier alpha value is -4.17. The summed E-state index contributed by atoms with van der Waals surface area (Å²) in [5, 5.41) is 18.0. The third-order valence-electron chi connectivity index (χ3n) is 10.3. The molecule has 234 valence electrons. The number of halogens is 1. The van der Waals surface area contributed by atoms with Crippen molar-refractivity contribution in [2.24, 2.45) is 11.8 Å². The molecule has 8 heteroatoms. The first kappa shape index (κ1) is 29.5. The van der Waals surface area contributed by atoms with Crippen LogP contribution in [0.3, 0.4) is 0 Å². The fourth-order valence-corrected chi connectivity index (χ4v) is 8.85. The summed E-state index contributed by atoms with van der Waals surface area (Å²) in [6, 6.07) is 17.5. The molecule has 0 radical (unpaired) electrons. The molecule has 45 heavy (non-hydrogen) atoms. The Bertz CT molecular complexity index is 1780. The zero-order chi connectivity index (χ0) is 31.5. The lowest BCUT2D eigenvalue weighted by atomic mass is 9.51. The molecule has 2 unspecified atom stereocenters. The summed E-state index contributed by atoms with van der Waals surface area (Å²) in [6.45, 7) is 5.67. The number of rotatable bonds is 8. The Labute approximate surface area is 262 Å². The van der Waals surface area contributed by atoms with Gasteiger partial charge in [-0.1, -0.05) is 12.1 Å². The van der Waals surface area contributed by atoms with Crippen LogP contribution in [0, 0.1) is 17.7 Å². The van der Waals surface area contributed by atoms with Gasteiger partial charge in [-0.3, -0.25) is 9.59 Å². The van der Waals surface area contributed by atoms with E-state index in [0.717, 1.165) is 62.0 Å². The van der Waals surface area contributed by atoms with Crippen molar-refractivity contribution < 1.29 is 23.5 Å². The SMILES string of the molecule is CCN(CC)c1cc2oc(-c3ccc(F)cc3)c(C(=O)NC)c2cc1-c1cccc(C(=O)NC23CC4CC(CC(O)(C4)C2)C3)c1. The predicted molar refractivity (Wildman–Crippen MR) is 174 cm³/mol. The van der Waals surface area contributed by atoms with E-state index in [9.17, 15) is 19.1 Å². The number of anilines is 1. The molecule has 2 atom stereocenters. The molecule has 3 aromatic carbocycles. The first-order valence-corrected chi connectivity index (χ1v) is 16.1. The second-order valence-electron chi connectivity index (χ2n) is 13.4. The van der Waals surface area contributed by atoms with Crippen molar-refractivity contribution in [1.29, 1.82) is 0 Å². The average Bonchev–Trinajstić information content (AvgIpc) is 3.38. The molecule has 4 bridgehead atoms. The molecular weight excluding hydrogens is 569 g/mol. The van der Waals surface area contributed by atoms with Gasteiger partial charge in [0.2, 0.25) is 0 Å². The zero-order valence-electron chi connectivity index (χ0n) is 26.1. The summed E-state index contributed by atoms with van der Waals surface area (Å²) in [7, 11) is 1.57. The Kier molecular flexibility index (Phi) is 7.23. The van der Waals surface area contributed by atoms with Crippen molar-refractivity contribution in [3.8, 4) is 22.5 Å². The molecule has 4 saturated carbocycles. The van der Waals surface area contributed by atoms with Gasteiger partial charge < -0.3 is 25.1 Å². The molecule has 0 spiro atoms. The maximum atomic E-state index is 13.8. The summed E-state index contributed by atoms with van der Waals surface area (Å²) < 4.78 is 20.1. The third-order valence-corrected chi connectivity index (χ3v) is 10.3. The lowest BCUT2D eigenvalue weighted by Crippen LogP contribution is -2.65. The van der Waals surface area contributed by atoms with Crippen molar-refractivity contribution in [1.82, 2.24) is 10.6 Å². The second kappa shape index (κ2) is 11.0. The third kappa shape index (κ3) is 5.19. The van der Waals surface area contributed by atoms with E-state index in [2.05, 4.69) is 29.4 Å². The van der Waals surface area contributed by atoms with Gasteiger partial charge in [0.25, 0.3) is 11.8 Å². The highest BCUT2D eigenvalue weighted by Gasteiger charge is 2.57. The molecule has 2 amide bonds. The van der Waals surface area contributed by atoms with Gasteiger partial charge >= 0.3 is 0 Å². The number of nitrogens with one attached hydrogen (secondary N) is 2. The van der Waals surface area contributed by atoms with Crippen molar-refractivity contribution >= 4 is 28.5 Å². The smallest absolute Gasteiger partial charge is 0.255 e. The Morgan fingerprint density at radius 1 is 0.956 bits per heavy atom. The number of carbonyl (C=O) groups excluding carboxylic acids is 2. The summed E-state index contributed by atoms with van der Waals surface area (Å²) >= 11 is 0. The summed E-state index contributed by atoms with van der Waals surface area (Å²) in [5.41, 5.74) is 3.73. The van der Waals surface area contributed by atoms with Gasteiger partial charge in [0.1, 0.15) is 17.2 Å². The van der Waals surface area contributed by atoms with Crippen LogP contribution in [0.25, 0.3) is 33.4 Å². The van der Waals surface area contributed by atoms with Crippen molar-refractivity contribution in [2.75, 3.05) is 25.0 Å². The van der Waals surface area contributed by atoms with Crippen LogP contribution < -0.4 is 15.5 Å². The average molecular weight is 610 g/mol. The molecular formula is C37H40FN3O4. The van der Waals surface area contributed by atoms with E-state index in [0.29, 0.717) is 51.7 Å². The normalized spacial score (nSPS) is 25.0. The molecule has 3 N–H and O–H groups in total. The van der Waals surface area contributed by atoms with E-state index in [1.165, 1.54) is 12.1 Å². The van der Waals surface area contributed by atoms with E-state index in [4.69, 9.17) is 4.42 Å². The van der Waals surface area contributed by atoms with E-state index >= 15 is 0 Å². The summed E-state index contributed by atoms with van der Waals surface area (Å²) in [6.07, 6.45) is 5.34. The van der Waals surface area contributed by atoms with Crippen LogP contribution in [0.5, 0.6) is 0 Å². The topological polar surface area (TPSA) is 94.8 Å². The molecule has 4 fully saturated rings. The Morgan fingerprint density at radius 3 is 2.31 bits per heavy atom. The number of benzene rings is 3. The van der Waals surface area contributed by atoms with Gasteiger partial charge in [0, 0.05) is 59.5 Å². The van der Waals surface area contributed by atoms with Gasteiger partial charge in [-0.2, -0.15) is 0 Å². The Balaban J connectivity index is 1.31. The standard InChI is InChI=1S/C37H40FN3O4/c1-4-41(5-2)30-16-31-29(32(35(43)39-3)33(45-31)24-9-11-27(38)12-10-24)15-28(30)25-7-6-8-26(14-25)34(42)40-36-17-22-13-23(18-36)20-37(44,19-22)21-36/h6-12,14-16,22-23,44H,4-5,13,17-21H2,1-3H3,(H,39,43)(H,40,42). The van der Waals surface area contributed by atoms with Crippen molar-refractivity contribution in [2.45, 2.75) is 63.5 Å².